The van der Waals surface area contributed by atoms with Crippen molar-refractivity contribution in [2.24, 2.45) is 5.92 Å². The molecule has 1 aliphatic heterocycles. The van der Waals surface area contributed by atoms with Crippen LogP contribution in [0, 0.1) is 5.92 Å². The van der Waals surface area contributed by atoms with E-state index in [0.717, 1.165) is 0 Å². The molecule has 0 bridgehead atoms. The first-order chi connectivity index (χ1) is 12.6. The number of fused-ring (bicyclic) bond motifs is 1. The zero-order chi connectivity index (χ0) is 18.5. The molecule has 26 heavy (non-hydrogen) atoms. The summed E-state index contributed by atoms with van der Waals surface area (Å²) in [5.74, 6) is -0.228. The van der Waals surface area contributed by atoms with Gasteiger partial charge in [0.05, 0.1) is 18.6 Å². The third-order valence-electron chi connectivity index (χ3n) is 4.48. The summed E-state index contributed by atoms with van der Waals surface area (Å²) < 4.78 is 22.3. The lowest BCUT2D eigenvalue weighted by Gasteiger charge is -2.36. The molecule has 140 valence electrons. The number of rotatable bonds is 7. The highest BCUT2D eigenvalue weighted by molar-refractivity contribution is 5.96. The average Bonchev–Trinajstić information content (AvgIpc) is 2.64. The van der Waals surface area contributed by atoms with E-state index in [2.05, 4.69) is 0 Å². The Kier molecular flexibility index (Phi) is 5.78. The number of carbonyl (C=O) groups is 2. The number of ketones is 1. The molecule has 0 amide bonds. The van der Waals surface area contributed by atoms with Crippen molar-refractivity contribution in [2.45, 2.75) is 38.4 Å². The van der Waals surface area contributed by atoms with Gasteiger partial charge in [-0.2, -0.15) is 0 Å². The highest BCUT2D eigenvalue weighted by Crippen LogP contribution is 2.36. The Hall–Kier alpha value is -2.54. The predicted octanol–water partition coefficient (Wildman–Crippen LogP) is 2.54. The summed E-state index contributed by atoms with van der Waals surface area (Å²) in [5, 5.41) is 8.71. The van der Waals surface area contributed by atoms with Crippen molar-refractivity contribution >= 4 is 11.8 Å². The Morgan fingerprint density at radius 3 is 2.77 bits per heavy atom. The maximum atomic E-state index is 12.8. The number of aliphatic carboxylic acids is 1. The number of hydrogen-bond donors (Lipinski definition) is 1. The Bertz CT molecular complexity index is 697. The lowest BCUT2D eigenvalue weighted by molar-refractivity contribution is -0.149. The summed E-state index contributed by atoms with van der Waals surface area (Å²) in [6.07, 6.45) is 2.49. The summed E-state index contributed by atoms with van der Waals surface area (Å²) >= 11 is 0. The maximum absolute atomic E-state index is 12.8. The van der Waals surface area contributed by atoms with Crippen LogP contribution in [0.4, 0.5) is 0 Å². The van der Waals surface area contributed by atoms with Gasteiger partial charge in [0.25, 0.3) is 0 Å². The third-order valence-corrected chi connectivity index (χ3v) is 4.48. The molecule has 3 rings (SSSR count). The number of carboxylic acid groups (broad SMARTS) is 1. The third kappa shape index (κ3) is 4.16. The van der Waals surface area contributed by atoms with Crippen molar-refractivity contribution in [1.29, 1.82) is 0 Å². The molecule has 1 aromatic carbocycles. The first kappa shape index (κ1) is 18.3. The number of ether oxygens (including phenoxy) is 4. The van der Waals surface area contributed by atoms with Gasteiger partial charge in [-0.1, -0.05) is 12.1 Å². The highest BCUT2D eigenvalue weighted by Gasteiger charge is 2.41. The zero-order valence-electron chi connectivity index (χ0n) is 14.6. The topological polar surface area (TPSA) is 91.3 Å². The second-order valence-electron chi connectivity index (χ2n) is 6.25. The second kappa shape index (κ2) is 8.23. The molecule has 2 aliphatic rings. The van der Waals surface area contributed by atoms with Gasteiger partial charge >= 0.3 is 5.97 Å². The molecular weight excluding hydrogens is 340 g/mol. The molecule has 1 aliphatic carbocycles. The van der Waals surface area contributed by atoms with Gasteiger partial charge in [-0.3, -0.25) is 4.79 Å². The number of Topliss-reactive ketones (excluding diaryl/α,β-unsaturated/α-hetero) is 1. The fourth-order valence-electron chi connectivity index (χ4n) is 3.28. The van der Waals surface area contributed by atoms with Gasteiger partial charge < -0.3 is 24.1 Å². The lowest BCUT2D eigenvalue weighted by atomic mass is 9.80. The van der Waals surface area contributed by atoms with Crippen molar-refractivity contribution in [3.8, 4) is 11.5 Å². The highest BCUT2D eigenvalue weighted by atomic mass is 16.5. The Morgan fingerprint density at radius 1 is 1.27 bits per heavy atom. The second-order valence-corrected chi connectivity index (χ2v) is 6.25. The van der Waals surface area contributed by atoms with Crippen LogP contribution >= 0.6 is 0 Å². The van der Waals surface area contributed by atoms with E-state index < -0.39 is 5.97 Å². The van der Waals surface area contributed by atoms with Gasteiger partial charge in [0.15, 0.2) is 11.5 Å². The van der Waals surface area contributed by atoms with Crippen LogP contribution in [0.2, 0.25) is 0 Å². The van der Waals surface area contributed by atoms with Gasteiger partial charge in [-0.05, 0) is 31.9 Å². The summed E-state index contributed by atoms with van der Waals surface area (Å²) in [5.41, 5.74) is 0. The van der Waals surface area contributed by atoms with Crippen molar-refractivity contribution in [3.63, 3.8) is 0 Å². The first-order valence-electron chi connectivity index (χ1n) is 8.71. The SMILES string of the molecule is CCOc1ccccc1OC1=COC2CC(OCC(=O)O)CCC2C1=O. The number of hydrogen-bond acceptors (Lipinski definition) is 6. The van der Waals surface area contributed by atoms with Gasteiger partial charge in [-0.25, -0.2) is 4.79 Å². The molecular formula is C19H22O7. The van der Waals surface area contributed by atoms with Crippen LogP contribution in [-0.2, 0) is 19.1 Å². The molecule has 0 aromatic heterocycles. The van der Waals surface area contributed by atoms with E-state index in [4.69, 9.17) is 24.1 Å². The van der Waals surface area contributed by atoms with Crippen LogP contribution in [0.25, 0.3) is 0 Å². The molecule has 1 aromatic rings. The van der Waals surface area contributed by atoms with E-state index >= 15 is 0 Å². The number of allylic oxidation sites excluding steroid dienone is 1. The van der Waals surface area contributed by atoms with Crippen LogP contribution in [0.1, 0.15) is 26.2 Å². The van der Waals surface area contributed by atoms with Crippen molar-refractivity contribution in [2.75, 3.05) is 13.2 Å². The van der Waals surface area contributed by atoms with Crippen LogP contribution in [0.15, 0.2) is 36.3 Å². The minimum atomic E-state index is -1.00. The normalized spacial score (nSPS) is 24.9. The molecule has 3 unspecified atom stereocenters. The van der Waals surface area contributed by atoms with E-state index in [1.807, 2.05) is 13.0 Å². The number of carbonyl (C=O) groups excluding carboxylic acids is 1. The minimum Gasteiger partial charge on any atom is -0.493 e. The predicted molar refractivity (Wildman–Crippen MR) is 90.9 cm³/mol. The first-order valence-corrected chi connectivity index (χ1v) is 8.71. The van der Waals surface area contributed by atoms with Gasteiger partial charge in [0, 0.05) is 6.42 Å². The molecule has 7 heteroatoms. The molecule has 7 nitrogen and oxygen atoms in total. The smallest absolute Gasteiger partial charge is 0.329 e. The summed E-state index contributed by atoms with van der Waals surface area (Å²) in [6, 6.07) is 7.16. The summed E-state index contributed by atoms with van der Waals surface area (Å²) in [4.78, 5) is 23.4. The average molecular weight is 362 g/mol. The summed E-state index contributed by atoms with van der Waals surface area (Å²) in [6.45, 7) is 2.03. The molecule has 1 saturated carbocycles. The number of benzene rings is 1. The van der Waals surface area contributed by atoms with Gasteiger partial charge in [-0.15, -0.1) is 0 Å². The molecule has 1 N–H and O–H groups in total. The fourth-order valence-corrected chi connectivity index (χ4v) is 3.28. The zero-order valence-corrected chi connectivity index (χ0v) is 14.6. The van der Waals surface area contributed by atoms with E-state index in [9.17, 15) is 9.59 Å². The van der Waals surface area contributed by atoms with Crippen molar-refractivity contribution in [3.05, 3.63) is 36.3 Å². The molecule has 0 spiro atoms. The lowest BCUT2D eigenvalue weighted by Crippen LogP contribution is -2.42. The van der Waals surface area contributed by atoms with E-state index in [1.165, 1.54) is 6.26 Å². The molecule has 1 fully saturated rings. The van der Waals surface area contributed by atoms with Crippen LogP contribution in [0.5, 0.6) is 11.5 Å². The van der Waals surface area contributed by atoms with Gasteiger partial charge in [0.1, 0.15) is 19.0 Å². The Balaban J connectivity index is 1.66. The quantitative estimate of drug-likeness (QED) is 0.797. The maximum Gasteiger partial charge on any atom is 0.329 e. The van der Waals surface area contributed by atoms with Crippen molar-refractivity contribution in [1.82, 2.24) is 0 Å². The number of carboxylic acids is 1. The van der Waals surface area contributed by atoms with Crippen LogP contribution in [0.3, 0.4) is 0 Å². The van der Waals surface area contributed by atoms with Crippen LogP contribution < -0.4 is 9.47 Å². The fraction of sp³-hybridized carbons (Fsp3) is 0.474. The monoisotopic (exact) mass is 362 g/mol. The van der Waals surface area contributed by atoms with E-state index in [-0.39, 0.29) is 36.3 Å². The van der Waals surface area contributed by atoms with E-state index in [1.54, 1.807) is 18.2 Å². The summed E-state index contributed by atoms with van der Waals surface area (Å²) in [7, 11) is 0. The van der Waals surface area contributed by atoms with Gasteiger partial charge in [0.2, 0.25) is 11.5 Å². The van der Waals surface area contributed by atoms with E-state index in [0.29, 0.717) is 37.4 Å². The number of para-hydroxylation sites is 2. The molecule has 1 heterocycles. The molecule has 0 radical (unpaired) electrons. The van der Waals surface area contributed by atoms with Crippen LogP contribution in [-0.4, -0.2) is 42.3 Å². The standard InChI is InChI=1S/C19H22O7/c1-2-23-14-5-3-4-6-15(14)26-17-10-25-16-9-12(24-11-18(20)21)7-8-13(16)19(17)22/h3-6,10,12-13,16H,2,7-9,11H2,1H3,(H,20,21). The minimum absolute atomic E-state index is 0.107. The molecule has 0 saturated heterocycles. The largest absolute Gasteiger partial charge is 0.493 e. The Morgan fingerprint density at radius 2 is 2.04 bits per heavy atom. The Labute approximate surface area is 151 Å². The van der Waals surface area contributed by atoms with Crippen molar-refractivity contribution < 1.29 is 33.6 Å². The molecule has 3 atom stereocenters.